The molecule has 0 aromatic heterocycles. The summed E-state index contributed by atoms with van der Waals surface area (Å²) >= 11 is 0. The predicted octanol–water partition coefficient (Wildman–Crippen LogP) is 4.59. The number of amides is 1. The van der Waals surface area contributed by atoms with Crippen molar-refractivity contribution in [3.63, 3.8) is 0 Å². The van der Waals surface area contributed by atoms with Crippen LogP contribution in [-0.4, -0.2) is 64.9 Å². The molecule has 1 aliphatic rings. The van der Waals surface area contributed by atoms with Gasteiger partial charge in [-0.15, -0.1) is 0 Å². The molecule has 1 amide bonds. The van der Waals surface area contributed by atoms with Gasteiger partial charge in [0.15, 0.2) is 23.0 Å². The number of benzene rings is 3. The molecular weight excluding hydrogens is 494 g/mol. The van der Waals surface area contributed by atoms with Crippen molar-refractivity contribution in [2.75, 3.05) is 49.1 Å². The van der Waals surface area contributed by atoms with Crippen molar-refractivity contribution < 1.29 is 23.7 Å². The van der Waals surface area contributed by atoms with Gasteiger partial charge >= 0.3 is 0 Å². The summed E-state index contributed by atoms with van der Waals surface area (Å²) in [6, 6.07) is 19.5. The molecule has 0 saturated carbocycles. The molecule has 208 valence electrons. The van der Waals surface area contributed by atoms with Gasteiger partial charge in [0.1, 0.15) is 6.04 Å². The first-order valence-electron chi connectivity index (χ1n) is 13.2. The Morgan fingerprint density at radius 3 is 2.21 bits per heavy atom. The Kier molecular flexibility index (Phi) is 9.32. The molecule has 0 radical (unpaired) electrons. The summed E-state index contributed by atoms with van der Waals surface area (Å²) in [6.07, 6.45) is 2.42. The maximum atomic E-state index is 13.9. The van der Waals surface area contributed by atoms with Crippen molar-refractivity contribution in [2.24, 2.45) is 0 Å². The third-order valence-corrected chi connectivity index (χ3v) is 7.49. The summed E-state index contributed by atoms with van der Waals surface area (Å²) in [5.41, 5.74) is 7.35. The Labute approximate surface area is 231 Å². The number of hydrazine groups is 1. The molecule has 1 aliphatic heterocycles. The fourth-order valence-electron chi connectivity index (χ4n) is 5.42. The van der Waals surface area contributed by atoms with E-state index < -0.39 is 6.04 Å². The van der Waals surface area contributed by atoms with Gasteiger partial charge in [0, 0.05) is 26.7 Å². The fourth-order valence-corrected chi connectivity index (χ4v) is 5.42. The number of nitrogens with one attached hydrogen (secondary N) is 1. The molecule has 1 heterocycles. The van der Waals surface area contributed by atoms with E-state index in [9.17, 15) is 4.79 Å². The van der Waals surface area contributed by atoms with Crippen LogP contribution in [0.4, 0.5) is 0 Å². The number of fused-ring (bicyclic) bond motifs is 1. The Morgan fingerprint density at radius 1 is 0.923 bits per heavy atom. The number of likely N-dealkylation sites (N-methyl/N-ethyl adjacent to an activating group) is 1. The number of carbonyl (C=O) groups is 1. The molecule has 2 unspecified atom stereocenters. The SMILES string of the molecule is CNN(C)C(=O)C(c1ccccc1)N1CCCc2cc(OC)c(OC)cc2C1Cc1ccc(OC)c(OC)c1. The third-order valence-electron chi connectivity index (χ3n) is 7.49. The molecule has 39 heavy (non-hydrogen) atoms. The predicted molar refractivity (Wildman–Crippen MR) is 152 cm³/mol. The van der Waals surface area contributed by atoms with Gasteiger partial charge < -0.3 is 18.9 Å². The lowest BCUT2D eigenvalue weighted by Gasteiger charge is -2.39. The van der Waals surface area contributed by atoms with E-state index in [1.54, 1.807) is 47.5 Å². The summed E-state index contributed by atoms with van der Waals surface area (Å²) in [7, 11) is 10.1. The molecule has 0 spiro atoms. The number of hydrogen-bond donors (Lipinski definition) is 1. The third kappa shape index (κ3) is 5.97. The highest BCUT2D eigenvalue weighted by Gasteiger charge is 2.37. The van der Waals surface area contributed by atoms with E-state index in [-0.39, 0.29) is 11.9 Å². The van der Waals surface area contributed by atoms with Gasteiger partial charge in [-0.3, -0.25) is 14.7 Å². The van der Waals surface area contributed by atoms with Crippen molar-refractivity contribution in [3.05, 3.63) is 82.9 Å². The number of carbonyl (C=O) groups excluding carboxylic acids is 1. The van der Waals surface area contributed by atoms with Gasteiger partial charge in [-0.25, -0.2) is 5.43 Å². The lowest BCUT2D eigenvalue weighted by molar-refractivity contribution is -0.139. The number of nitrogens with zero attached hydrogens (tertiary/aromatic N) is 2. The van der Waals surface area contributed by atoms with E-state index in [0.29, 0.717) is 29.4 Å². The topological polar surface area (TPSA) is 72.5 Å². The second kappa shape index (κ2) is 12.9. The number of methoxy groups -OCH3 is 4. The smallest absolute Gasteiger partial charge is 0.258 e. The number of hydrogen-bond acceptors (Lipinski definition) is 7. The van der Waals surface area contributed by atoms with Crippen molar-refractivity contribution >= 4 is 5.91 Å². The van der Waals surface area contributed by atoms with Crippen LogP contribution in [0.2, 0.25) is 0 Å². The highest BCUT2D eigenvalue weighted by molar-refractivity contribution is 5.83. The maximum absolute atomic E-state index is 13.9. The molecule has 3 aromatic rings. The zero-order valence-electron chi connectivity index (χ0n) is 23.7. The molecule has 2 atom stereocenters. The quantitative estimate of drug-likeness (QED) is 0.382. The second-order valence-corrected chi connectivity index (χ2v) is 9.59. The van der Waals surface area contributed by atoms with Crippen LogP contribution in [0.15, 0.2) is 60.7 Å². The van der Waals surface area contributed by atoms with E-state index in [4.69, 9.17) is 18.9 Å². The van der Waals surface area contributed by atoms with E-state index in [2.05, 4.69) is 28.5 Å². The van der Waals surface area contributed by atoms with Crippen molar-refractivity contribution in [1.29, 1.82) is 0 Å². The summed E-state index contributed by atoms with van der Waals surface area (Å²) in [5.74, 6) is 2.71. The monoisotopic (exact) mass is 533 g/mol. The molecule has 1 N–H and O–H groups in total. The Bertz CT molecular complexity index is 1270. The second-order valence-electron chi connectivity index (χ2n) is 9.59. The molecular formula is C31H39N3O5. The minimum Gasteiger partial charge on any atom is -0.493 e. The first kappa shape index (κ1) is 28.3. The summed E-state index contributed by atoms with van der Waals surface area (Å²) in [4.78, 5) is 16.3. The van der Waals surface area contributed by atoms with Crippen LogP contribution in [0.3, 0.4) is 0 Å². The average molecular weight is 534 g/mol. The molecule has 4 rings (SSSR count). The normalized spacial score (nSPS) is 16.0. The van der Waals surface area contributed by atoms with Crippen LogP contribution < -0.4 is 24.4 Å². The van der Waals surface area contributed by atoms with Crippen molar-refractivity contribution in [2.45, 2.75) is 31.3 Å². The zero-order valence-corrected chi connectivity index (χ0v) is 23.7. The fraction of sp³-hybridized carbons (Fsp3) is 0.387. The van der Waals surface area contributed by atoms with Crippen molar-refractivity contribution in [3.8, 4) is 23.0 Å². The van der Waals surface area contributed by atoms with Crippen LogP contribution in [0.1, 0.15) is 40.8 Å². The summed E-state index contributed by atoms with van der Waals surface area (Å²) < 4.78 is 22.5. The molecule has 0 bridgehead atoms. The minimum absolute atomic E-state index is 0.0232. The van der Waals surface area contributed by atoms with Gasteiger partial charge in [0.2, 0.25) is 0 Å². The van der Waals surface area contributed by atoms with E-state index >= 15 is 0 Å². The highest BCUT2D eigenvalue weighted by Crippen LogP contribution is 2.43. The van der Waals surface area contributed by atoms with E-state index in [1.807, 2.05) is 42.5 Å². The Morgan fingerprint density at radius 2 is 1.56 bits per heavy atom. The van der Waals surface area contributed by atoms with Crippen LogP contribution >= 0.6 is 0 Å². The summed E-state index contributed by atoms with van der Waals surface area (Å²) in [6.45, 7) is 0.736. The molecule has 0 fully saturated rings. The molecule has 0 saturated heterocycles. The van der Waals surface area contributed by atoms with Gasteiger partial charge in [-0.2, -0.15) is 0 Å². The van der Waals surface area contributed by atoms with Crippen LogP contribution in [-0.2, 0) is 17.6 Å². The molecule has 0 aliphatic carbocycles. The number of ether oxygens (including phenoxy) is 4. The molecule has 3 aromatic carbocycles. The van der Waals surface area contributed by atoms with Gasteiger partial charge in [-0.05, 0) is 65.8 Å². The highest BCUT2D eigenvalue weighted by atomic mass is 16.5. The van der Waals surface area contributed by atoms with Crippen LogP contribution in [0.5, 0.6) is 23.0 Å². The van der Waals surface area contributed by atoms with E-state index in [1.165, 1.54) is 5.56 Å². The van der Waals surface area contributed by atoms with E-state index in [0.717, 1.165) is 36.1 Å². The maximum Gasteiger partial charge on any atom is 0.258 e. The van der Waals surface area contributed by atoms with Crippen molar-refractivity contribution in [1.82, 2.24) is 15.3 Å². The number of rotatable bonds is 10. The minimum atomic E-state index is -0.493. The standard InChI is InChI=1S/C31H39N3O5/c1-32-33(2)31(35)30(22-11-8-7-9-12-22)34-16-10-13-23-19-28(38-5)29(39-6)20-24(23)25(34)17-21-14-15-26(36-3)27(18-21)37-4/h7-9,11-12,14-15,18-20,25,30,32H,10,13,16-17H2,1-6H3. The van der Waals surface area contributed by atoms with Gasteiger partial charge in [0.25, 0.3) is 5.91 Å². The van der Waals surface area contributed by atoms with Crippen LogP contribution in [0, 0.1) is 0 Å². The van der Waals surface area contributed by atoms with Gasteiger partial charge in [-0.1, -0.05) is 36.4 Å². The van der Waals surface area contributed by atoms with Crippen LogP contribution in [0.25, 0.3) is 0 Å². The Hall–Kier alpha value is -3.75. The zero-order chi connectivity index (χ0) is 27.9. The van der Waals surface area contributed by atoms with Gasteiger partial charge in [0.05, 0.1) is 28.4 Å². The number of aryl methyl sites for hydroxylation is 1. The first-order valence-corrected chi connectivity index (χ1v) is 13.2. The lowest BCUT2D eigenvalue weighted by atomic mass is 9.91. The largest absolute Gasteiger partial charge is 0.493 e. The molecule has 8 nitrogen and oxygen atoms in total. The Balaban J connectivity index is 1.90. The summed E-state index contributed by atoms with van der Waals surface area (Å²) in [5, 5.41) is 1.56. The lowest BCUT2D eigenvalue weighted by Crippen LogP contribution is -2.47. The first-order chi connectivity index (χ1) is 18.9. The average Bonchev–Trinajstić information content (AvgIpc) is 3.15. The molecule has 8 heteroatoms.